The lowest BCUT2D eigenvalue weighted by Crippen LogP contribution is -2.32. The Morgan fingerprint density at radius 2 is 2.00 bits per heavy atom. The molecule has 1 unspecified atom stereocenters. The number of aliphatic hydroxyl groups excluding tert-OH is 1. The zero-order valence-electron chi connectivity index (χ0n) is 11.8. The van der Waals surface area contributed by atoms with Crippen molar-refractivity contribution < 1.29 is 9.84 Å². The van der Waals surface area contributed by atoms with E-state index < -0.39 is 6.10 Å². The minimum atomic E-state index is -0.460. The van der Waals surface area contributed by atoms with Gasteiger partial charge < -0.3 is 15.2 Å². The molecule has 19 heavy (non-hydrogen) atoms. The van der Waals surface area contributed by atoms with Crippen molar-refractivity contribution in [2.75, 3.05) is 25.4 Å². The number of ether oxygens (including phenoxy) is 1. The Morgan fingerprint density at radius 3 is 2.68 bits per heavy atom. The van der Waals surface area contributed by atoms with Crippen LogP contribution in [0.4, 0.5) is 0 Å². The molecule has 0 amide bonds. The van der Waals surface area contributed by atoms with Gasteiger partial charge in [-0.25, -0.2) is 0 Å². The Kier molecular flexibility index (Phi) is 8.71. The topological polar surface area (TPSA) is 41.5 Å². The number of aliphatic hydroxyl groups is 1. The lowest BCUT2D eigenvalue weighted by Gasteiger charge is -2.13. The molecule has 1 aromatic rings. The summed E-state index contributed by atoms with van der Waals surface area (Å²) in [4.78, 5) is 0. The van der Waals surface area contributed by atoms with Crippen molar-refractivity contribution >= 4 is 11.8 Å². The molecule has 1 rings (SSSR count). The number of para-hydroxylation sites is 1. The van der Waals surface area contributed by atoms with Crippen LogP contribution in [0.25, 0.3) is 0 Å². The second kappa shape index (κ2) is 10.1. The van der Waals surface area contributed by atoms with Crippen LogP contribution in [-0.2, 0) is 0 Å². The molecule has 2 N–H and O–H groups in total. The SMILES string of the molecule is CC(C)SCCCNCC(O)COc1ccccc1. The molecule has 3 nitrogen and oxygen atoms in total. The Bertz CT molecular complexity index is 319. The number of hydrogen-bond acceptors (Lipinski definition) is 4. The van der Waals surface area contributed by atoms with E-state index in [1.165, 1.54) is 5.75 Å². The van der Waals surface area contributed by atoms with Crippen LogP contribution in [0.5, 0.6) is 5.75 Å². The van der Waals surface area contributed by atoms with Gasteiger partial charge in [0.1, 0.15) is 18.5 Å². The molecule has 0 aliphatic carbocycles. The van der Waals surface area contributed by atoms with Crippen molar-refractivity contribution in [1.82, 2.24) is 5.32 Å². The van der Waals surface area contributed by atoms with Crippen molar-refractivity contribution in [1.29, 1.82) is 0 Å². The van der Waals surface area contributed by atoms with Gasteiger partial charge in [0.2, 0.25) is 0 Å². The Balaban J connectivity index is 1.98. The van der Waals surface area contributed by atoms with Gasteiger partial charge in [0.25, 0.3) is 0 Å². The van der Waals surface area contributed by atoms with E-state index in [1.54, 1.807) is 0 Å². The minimum Gasteiger partial charge on any atom is -0.491 e. The highest BCUT2D eigenvalue weighted by Crippen LogP contribution is 2.09. The quantitative estimate of drug-likeness (QED) is 0.648. The highest BCUT2D eigenvalue weighted by Gasteiger charge is 2.04. The molecule has 0 fully saturated rings. The highest BCUT2D eigenvalue weighted by atomic mass is 32.2. The molecule has 0 aliphatic rings. The highest BCUT2D eigenvalue weighted by molar-refractivity contribution is 7.99. The van der Waals surface area contributed by atoms with Crippen molar-refractivity contribution in [3.8, 4) is 5.75 Å². The molecule has 0 saturated carbocycles. The van der Waals surface area contributed by atoms with Gasteiger partial charge in [0, 0.05) is 6.54 Å². The molecular formula is C15H25NO2S. The predicted molar refractivity (Wildman–Crippen MR) is 83.0 cm³/mol. The second-order valence-electron chi connectivity index (χ2n) is 4.76. The second-order valence-corrected chi connectivity index (χ2v) is 6.44. The summed E-state index contributed by atoms with van der Waals surface area (Å²) in [6.45, 7) is 6.28. The van der Waals surface area contributed by atoms with Gasteiger partial charge in [0.05, 0.1) is 0 Å². The average Bonchev–Trinajstić information content (AvgIpc) is 2.41. The molecule has 108 valence electrons. The van der Waals surface area contributed by atoms with E-state index in [4.69, 9.17) is 4.74 Å². The summed E-state index contributed by atoms with van der Waals surface area (Å²) in [5, 5.41) is 13.7. The number of benzene rings is 1. The Hall–Kier alpha value is -0.710. The van der Waals surface area contributed by atoms with E-state index in [1.807, 2.05) is 42.1 Å². The fraction of sp³-hybridized carbons (Fsp3) is 0.600. The van der Waals surface area contributed by atoms with Crippen LogP contribution >= 0.6 is 11.8 Å². The number of rotatable bonds is 10. The number of hydrogen-bond donors (Lipinski definition) is 2. The lowest BCUT2D eigenvalue weighted by atomic mass is 10.3. The van der Waals surface area contributed by atoms with Crippen molar-refractivity contribution in [3.63, 3.8) is 0 Å². The fourth-order valence-electron chi connectivity index (χ4n) is 1.55. The molecule has 1 aromatic carbocycles. The molecule has 4 heteroatoms. The zero-order valence-corrected chi connectivity index (χ0v) is 12.7. The first-order valence-corrected chi connectivity index (χ1v) is 7.91. The maximum Gasteiger partial charge on any atom is 0.119 e. The van der Waals surface area contributed by atoms with Gasteiger partial charge in [-0.3, -0.25) is 0 Å². The molecule has 0 heterocycles. The summed E-state index contributed by atoms with van der Waals surface area (Å²) in [6.07, 6.45) is 0.674. The molecule has 0 spiro atoms. The van der Waals surface area contributed by atoms with Crippen LogP contribution in [0.1, 0.15) is 20.3 Å². The van der Waals surface area contributed by atoms with Crippen LogP contribution in [0, 0.1) is 0 Å². The monoisotopic (exact) mass is 283 g/mol. The maximum atomic E-state index is 9.76. The molecule has 1 atom stereocenters. The normalized spacial score (nSPS) is 12.6. The van der Waals surface area contributed by atoms with E-state index in [9.17, 15) is 5.11 Å². The number of nitrogens with one attached hydrogen (secondary N) is 1. The standard InChI is InChI=1S/C15H25NO2S/c1-13(2)19-10-6-9-16-11-14(17)12-18-15-7-4-3-5-8-15/h3-5,7-8,13-14,16-17H,6,9-12H2,1-2H3. The smallest absolute Gasteiger partial charge is 0.119 e. The molecule has 0 radical (unpaired) electrons. The van der Waals surface area contributed by atoms with E-state index in [-0.39, 0.29) is 0 Å². The van der Waals surface area contributed by atoms with Gasteiger partial charge in [-0.1, -0.05) is 32.0 Å². The first-order valence-electron chi connectivity index (χ1n) is 6.86. The Morgan fingerprint density at radius 1 is 1.26 bits per heavy atom. The summed E-state index contributed by atoms with van der Waals surface area (Å²) < 4.78 is 5.48. The van der Waals surface area contributed by atoms with Crippen LogP contribution in [0.15, 0.2) is 30.3 Å². The molecule has 0 saturated heterocycles. The van der Waals surface area contributed by atoms with E-state index in [0.717, 1.165) is 18.7 Å². The minimum absolute atomic E-state index is 0.331. The molecule has 0 aromatic heterocycles. The summed E-state index contributed by atoms with van der Waals surface area (Å²) in [6, 6.07) is 9.57. The fourth-order valence-corrected chi connectivity index (χ4v) is 2.34. The maximum absolute atomic E-state index is 9.76. The zero-order chi connectivity index (χ0) is 13.9. The Labute approximate surface area is 120 Å². The third kappa shape index (κ3) is 8.92. The third-order valence-corrected chi connectivity index (χ3v) is 3.71. The average molecular weight is 283 g/mol. The van der Waals surface area contributed by atoms with Gasteiger partial charge >= 0.3 is 0 Å². The van der Waals surface area contributed by atoms with Crippen LogP contribution in [-0.4, -0.2) is 41.9 Å². The summed E-state index contributed by atoms with van der Waals surface area (Å²) in [5.74, 6) is 1.97. The lowest BCUT2D eigenvalue weighted by molar-refractivity contribution is 0.106. The molecular weight excluding hydrogens is 258 g/mol. The van der Waals surface area contributed by atoms with Crippen LogP contribution in [0.2, 0.25) is 0 Å². The summed E-state index contributed by atoms with van der Waals surface area (Å²) in [7, 11) is 0. The third-order valence-electron chi connectivity index (χ3n) is 2.51. The van der Waals surface area contributed by atoms with Gasteiger partial charge in [-0.15, -0.1) is 0 Å². The first kappa shape index (κ1) is 16.3. The predicted octanol–water partition coefficient (Wildman–Crippen LogP) is 2.55. The molecule has 0 bridgehead atoms. The summed E-state index contributed by atoms with van der Waals surface area (Å²) >= 11 is 1.97. The molecule has 0 aliphatic heterocycles. The van der Waals surface area contributed by atoms with E-state index >= 15 is 0 Å². The number of thioether (sulfide) groups is 1. The van der Waals surface area contributed by atoms with Crippen LogP contribution < -0.4 is 10.1 Å². The van der Waals surface area contributed by atoms with Crippen molar-refractivity contribution in [3.05, 3.63) is 30.3 Å². The van der Waals surface area contributed by atoms with Gasteiger partial charge in [-0.2, -0.15) is 11.8 Å². The van der Waals surface area contributed by atoms with Gasteiger partial charge in [0.15, 0.2) is 0 Å². The van der Waals surface area contributed by atoms with Crippen LogP contribution in [0.3, 0.4) is 0 Å². The largest absolute Gasteiger partial charge is 0.491 e. The van der Waals surface area contributed by atoms with E-state index in [0.29, 0.717) is 18.4 Å². The summed E-state index contributed by atoms with van der Waals surface area (Å²) in [5.41, 5.74) is 0. The van der Waals surface area contributed by atoms with E-state index in [2.05, 4.69) is 19.2 Å². The van der Waals surface area contributed by atoms with Gasteiger partial charge in [-0.05, 0) is 36.1 Å². The first-order chi connectivity index (χ1) is 9.18. The van der Waals surface area contributed by atoms with Crippen molar-refractivity contribution in [2.24, 2.45) is 0 Å². The van der Waals surface area contributed by atoms with Crippen molar-refractivity contribution in [2.45, 2.75) is 31.6 Å².